The first-order valence-corrected chi connectivity index (χ1v) is 10.7. The van der Waals surface area contributed by atoms with E-state index in [0.717, 1.165) is 30.2 Å². The second kappa shape index (κ2) is 6.66. The van der Waals surface area contributed by atoms with Crippen molar-refractivity contribution >= 4 is 23.0 Å². The Morgan fingerprint density at radius 1 is 1.00 bits per heavy atom. The van der Waals surface area contributed by atoms with E-state index in [4.69, 9.17) is 9.97 Å². The van der Waals surface area contributed by atoms with E-state index < -0.39 is 0 Å². The Hall–Kier alpha value is -3.21. The molecule has 2 aliphatic rings. The van der Waals surface area contributed by atoms with Crippen molar-refractivity contribution in [3.05, 3.63) is 79.4 Å². The van der Waals surface area contributed by atoms with Crippen molar-refractivity contribution in [3.63, 3.8) is 0 Å². The molecule has 0 aliphatic carbocycles. The van der Waals surface area contributed by atoms with Crippen molar-refractivity contribution in [2.75, 3.05) is 9.80 Å². The maximum Gasteiger partial charge on any atom is 0.163 e. The van der Waals surface area contributed by atoms with Gasteiger partial charge in [-0.1, -0.05) is 51.1 Å². The van der Waals surface area contributed by atoms with Crippen LogP contribution < -0.4 is 9.80 Å². The van der Waals surface area contributed by atoms with Gasteiger partial charge in [-0.3, -0.25) is 4.90 Å². The van der Waals surface area contributed by atoms with Gasteiger partial charge in [-0.2, -0.15) is 0 Å². The molecule has 0 saturated carbocycles. The van der Waals surface area contributed by atoms with Crippen molar-refractivity contribution < 1.29 is 0 Å². The van der Waals surface area contributed by atoms with Gasteiger partial charge in [0.2, 0.25) is 0 Å². The van der Waals surface area contributed by atoms with Crippen LogP contribution in [0.4, 0.5) is 23.0 Å². The standard InChI is InChI=1S/C25H27N5/c1-5-24(4)23-29(19-13-9-8-12-18(19)25(24,6-2)7-3)20-16-26-17-28-22(20)30(23)21-14-10-11-15-27-21/h6,8-17,23H,2,5,7H2,1,3-4H3. The maximum atomic E-state index is 4.72. The summed E-state index contributed by atoms with van der Waals surface area (Å²) in [5, 5.41) is 0. The molecule has 3 atom stereocenters. The van der Waals surface area contributed by atoms with Gasteiger partial charge >= 0.3 is 0 Å². The fourth-order valence-electron chi connectivity index (χ4n) is 5.77. The molecule has 5 heteroatoms. The molecule has 3 aromatic rings. The molecule has 0 saturated heterocycles. The molecule has 2 aromatic heterocycles. The van der Waals surface area contributed by atoms with Gasteiger partial charge in [0, 0.05) is 22.7 Å². The molecule has 30 heavy (non-hydrogen) atoms. The van der Waals surface area contributed by atoms with Crippen LogP contribution in [0, 0.1) is 5.41 Å². The molecule has 4 heterocycles. The van der Waals surface area contributed by atoms with Crippen LogP contribution in [0.25, 0.3) is 0 Å². The fraction of sp³-hybridized carbons (Fsp3) is 0.320. The molecule has 1 aromatic carbocycles. The van der Waals surface area contributed by atoms with E-state index in [2.05, 4.69) is 78.5 Å². The van der Waals surface area contributed by atoms with Crippen LogP contribution in [-0.2, 0) is 5.41 Å². The molecule has 5 nitrogen and oxygen atoms in total. The monoisotopic (exact) mass is 397 g/mol. The van der Waals surface area contributed by atoms with Crippen LogP contribution in [-0.4, -0.2) is 21.1 Å². The molecule has 2 aliphatic heterocycles. The number of anilines is 4. The van der Waals surface area contributed by atoms with Gasteiger partial charge in [0.1, 0.15) is 24.0 Å². The summed E-state index contributed by atoms with van der Waals surface area (Å²) in [5.41, 5.74) is 3.22. The highest BCUT2D eigenvalue weighted by molar-refractivity contribution is 5.88. The van der Waals surface area contributed by atoms with Crippen LogP contribution >= 0.6 is 0 Å². The number of benzene rings is 1. The Labute approximate surface area is 178 Å². The van der Waals surface area contributed by atoms with Gasteiger partial charge in [-0.25, -0.2) is 15.0 Å². The topological polar surface area (TPSA) is 45.2 Å². The van der Waals surface area contributed by atoms with E-state index in [9.17, 15) is 0 Å². The molecule has 152 valence electrons. The number of allylic oxidation sites excluding steroid dienone is 1. The third-order valence-electron chi connectivity index (χ3n) is 7.42. The highest BCUT2D eigenvalue weighted by Crippen LogP contribution is 2.64. The Balaban J connectivity index is 1.88. The summed E-state index contributed by atoms with van der Waals surface area (Å²) < 4.78 is 0. The van der Waals surface area contributed by atoms with E-state index in [0.29, 0.717) is 0 Å². The van der Waals surface area contributed by atoms with E-state index in [1.54, 1.807) is 6.33 Å². The summed E-state index contributed by atoms with van der Waals surface area (Å²) >= 11 is 0. The highest BCUT2D eigenvalue weighted by Gasteiger charge is 2.61. The van der Waals surface area contributed by atoms with Gasteiger partial charge < -0.3 is 4.90 Å². The summed E-state index contributed by atoms with van der Waals surface area (Å²) in [7, 11) is 0. The average Bonchev–Trinajstić information content (AvgIpc) is 3.16. The Morgan fingerprint density at radius 2 is 1.80 bits per heavy atom. The molecular formula is C25H27N5. The minimum absolute atomic E-state index is 0.0111. The minimum Gasteiger partial charge on any atom is -0.315 e. The van der Waals surface area contributed by atoms with E-state index in [1.165, 1.54) is 11.3 Å². The van der Waals surface area contributed by atoms with E-state index in [-0.39, 0.29) is 17.0 Å². The van der Waals surface area contributed by atoms with Crippen molar-refractivity contribution in [1.82, 2.24) is 15.0 Å². The number of hydrogen-bond donors (Lipinski definition) is 0. The largest absolute Gasteiger partial charge is 0.315 e. The number of nitrogens with zero attached hydrogens (tertiary/aromatic N) is 5. The number of rotatable bonds is 4. The predicted octanol–water partition coefficient (Wildman–Crippen LogP) is 5.75. The van der Waals surface area contributed by atoms with Gasteiger partial charge in [0.25, 0.3) is 0 Å². The third kappa shape index (κ3) is 2.15. The minimum atomic E-state index is -0.179. The van der Waals surface area contributed by atoms with Crippen molar-refractivity contribution in [1.29, 1.82) is 0 Å². The zero-order chi connectivity index (χ0) is 20.9. The number of aromatic nitrogens is 3. The van der Waals surface area contributed by atoms with E-state index in [1.807, 2.05) is 24.5 Å². The van der Waals surface area contributed by atoms with Crippen molar-refractivity contribution in [3.8, 4) is 0 Å². The van der Waals surface area contributed by atoms with Gasteiger partial charge in [-0.05, 0) is 36.6 Å². The number of para-hydroxylation sites is 1. The smallest absolute Gasteiger partial charge is 0.163 e. The average molecular weight is 398 g/mol. The second-order valence-corrected chi connectivity index (χ2v) is 8.35. The van der Waals surface area contributed by atoms with Crippen molar-refractivity contribution in [2.24, 2.45) is 5.41 Å². The molecule has 5 rings (SSSR count). The summed E-state index contributed by atoms with van der Waals surface area (Å²) in [5.74, 6) is 1.80. The van der Waals surface area contributed by atoms with Gasteiger partial charge in [0.05, 0.1) is 6.20 Å². The number of hydrogen-bond acceptors (Lipinski definition) is 5. The maximum absolute atomic E-state index is 4.72. The first-order valence-electron chi connectivity index (χ1n) is 10.7. The summed E-state index contributed by atoms with van der Waals surface area (Å²) in [6.45, 7) is 11.3. The number of fused-ring (bicyclic) bond motifs is 5. The molecule has 0 fully saturated rings. The number of pyridine rings is 1. The van der Waals surface area contributed by atoms with Crippen LogP contribution in [0.5, 0.6) is 0 Å². The molecule has 0 spiro atoms. The van der Waals surface area contributed by atoms with Crippen molar-refractivity contribution in [2.45, 2.75) is 45.2 Å². The SMILES string of the molecule is C=CC1(CC)c2ccccc2N2c3cncnc3N(c3ccccn3)C2C1(C)CC. The summed E-state index contributed by atoms with van der Waals surface area (Å²) in [6.07, 6.45) is 9.54. The lowest BCUT2D eigenvalue weighted by molar-refractivity contribution is 0.120. The fourth-order valence-corrected chi connectivity index (χ4v) is 5.77. The van der Waals surface area contributed by atoms with Gasteiger partial charge in [0.15, 0.2) is 5.82 Å². The lowest BCUT2D eigenvalue weighted by Gasteiger charge is -2.58. The normalized spacial score (nSPS) is 26.7. The molecule has 0 amide bonds. The van der Waals surface area contributed by atoms with Gasteiger partial charge in [-0.15, -0.1) is 6.58 Å². The third-order valence-corrected chi connectivity index (χ3v) is 7.42. The second-order valence-electron chi connectivity index (χ2n) is 8.35. The van der Waals surface area contributed by atoms with Crippen LogP contribution in [0.2, 0.25) is 0 Å². The summed E-state index contributed by atoms with van der Waals surface area (Å²) in [6, 6.07) is 14.8. The summed E-state index contributed by atoms with van der Waals surface area (Å²) in [4.78, 5) is 18.5. The van der Waals surface area contributed by atoms with E-state index >= 15 is 0 Å². The zero-order valence-corrected chi connectivity index (χ0v) is 17.8. The highest BCUT2D eigenvalue weighted by atomic mass is 15.5. The van der Waals surface area contributed by atoms with Crippen LogP contribution in [0.15, 0.2) is 73.8 Å². The first-order chi connectivity index (χ1) is 14.6. The zero-order valence-electron chi connectivity index (χ0n) is 17.8. The lowest BCUT2D eigenvalue weighted by atomic mass is 9.54. The lowest BCUT2D eigenvalue weighted by Crippen LogP contribution is -2.62. The predicted molar refractivity (Wildman–Crippen MR) is 121 cm³/mol. The quantitative estimate of drug-likeness (QED) is 0.524. The molecule has 0 bridgehead atoms. The Bertz CT molecular complexity index is 1100. The molecule has 3 unspecified atom stereocenters. The Morgan fingerprint density at radius 3 is 2.50 bits per heavy atom. The molecule has 0 radical (unpaired) electrons. The first kappa shape index (κ1) is 18.8. The molecular weight excluding hydrogens is 370 g/mol. The van der Waals surface area contributed by atoms with Crippen LogP contribution in [0.3, 0.4) is 0 Å². The Kier molecular flexibility index (Phi) is 4.17. The van der Waals surface area contributed by atoms with Crippen LogP contribution in [0.1, 0.15) is 39.2 Å². The molecule has 0 N–H and O–H groups in total.